The first kappa shape index (κ1) is 15.0. The summed E-state index contributed by atoms with van der Waals surface area (Å²) in [5.41, 5.74) is -2.23. The molecule has 2 atom stereocenters. The molecule has 0 saturated carbocycles. The molecule has 0 heterocycles. The standard InChI is InChI=1S/C7H14NO7P/c1-8(2)3-4(6(9)10)5(7(11)12)16(13,14)15/h4-5H,3H2,1-2H3,(H,9,10)(H,11,12)(H2,13,14,15). The van der Waals surface area contributed by atoms with Crippen molar-refractivity contribution in [3.05, 3.63) is 0 Å². The highest BCUT2D eigenvalue weighted by Gasteiger charge is 2.46. The average molecular weight is 255 g/mol. The van der Waals surface area contributed by atoms with Crippen LogP contribution in [0.2, 0.25) is 0 Å². The monoisotopic (exact) mass is 255 g/mol. The molecule has 0 spiro atoms. The number of hydrogen-bond donors (Lipinski definition) is 4. The highest BCUT2D eigenvalue weighted by atomic mass is 31.2. The molecule has 0 saturated heterocycles. The van der Waals surface area contributed by atoms with Crippen molar-refractivity contribution in [3.8, 4) is 0 Å². The molecule has 0 aliphatic rings. The molecule has 8 nitrogen and oxygen atoms in total. The minimum atomic E-state index is -5.01. The molecular formula is C7H14NO7P. The van der Waals surface area contributed by atoms with Gasteiger partial charge in [0.1, 0.15) is 0 Å². The van der Waals surface area contributed by atoms with E-state index in [1.54, 1.807) is 0 Å². The smallest absolute Gasteiger partial charge is 0.340 e. The third-order valence-electron chi connectivity index (χ3n) is 1.88. The Kier molecular flexibility index (Phi) is 5.08. The van der Waals surface area contributed by atoms with E-state index in [-0.39, 0.29) is 6.54 Å². The number of hydrogen-bond acceptors (Lipinski definition) is 4. The molecule has 0 aromatic rings. The van der Waals surface area contributed by atoms with Crippen molar-refractivity contribution in [2.24, 2.45) is 5.92 Å². The average Bonchev–Trinajstić information content (AvgIpc) is 1.97. The van der Waals surface area contributed by atoms with Gasteiger partial charge in [-0.05, 0) is 14.1 Å². The molecule has 0 aliphatic carbocycles. The number of rotatable bonds is 6. The molecule has 0 fully saturated rings. The Bertz CT molecular complexity index is 323. The second-order valence-electron chi connectivity index (χ2n) is 3.58. The SMILES string of the molecule is CN(C)CC(C(=O)O)C(C(=O)O)P(=O)(O)O. The Labute approximate surface area is 91.7 Å². The Balaban J connectivity index is 5.20. The van der Waals surface area contributed by atoms with Crippen molar-refractivity contribution < 1.29 is 34.2 Å². The molecule has 0 aromatic heterocycles. The molecule has 0 aromatic carbocycles. The highest BCUT2D eigenvalue weighted by molar-refractivity contribution is 7.53. The molecule has 0 amide bonds. The first-order valence-corrected chi connectivity index (χ1v) is 5.91. The summed E-state index contributed by atoms with van der Waals surface area (Å²) in [7, 11) is -2.04. The van der Waals surface area contributed by atoms with Crippen LogP contribution in [0.3, 0.4) is 0 Å². The van der Waals surface area contributed by atoms with Crippen LogP contribution in [0.25, 0.3) is 0 Å². The van der Waals surface area contributed by atoms with Crippen LogP contribution in [0.5, 0.6) is 0 Å². The van der Waals surface area contributed by atoms with Gasteiger partial charge < -0.3 is 24.9 Å². The molecule has 94 valence electrons. The van der Waals surface area contributed by atoms with Gasteiger partial charge >= 0.3 is 19.5 Å². The summed E-state index contributed by atoms with van der Waals surface area (Å²) in [4.78, 5) is 40.5. The van der Waals surface area contributed by atoms with E-state index >= 15 is 0 Å². The van der Waals surface area contributed by atoms with Crippen molar-refractivity contribution in [2.75, 3.05) is 20.6 Å². The maximum Gasteiger partial charge on any atom is 0.340 e. The number of aliphatic carboxylic acids is 2. The maximum absolute atomic E-state index is 10.9. The van der Waals surface area contributed by atoms with E-state index in [9.17, 15) is 14.2 Å². The fraction of sp³-hybridized carbons (Fsp3) is 0.714. The van der Waals surface area contributed by atoms with E-state index in [1.165, 1.54) is 19.0 Å². The highest BCUT2D eigenvalue weighted by Crippen LogP contribution is 2.45. The second-order valence-corrected chi connectivity index (χ2v) is 5.31. The Morgan fingerprint density at radius 2 is 1.62 bits per heavy atom. The lowest BCUT2D eigenvalue weighted by atomic mass is 10.1. The van der Waals surface area contributed by atoms with Gasteiger partial charge in [0.05, 0.1) is 5.92 Å². The Hall–Kier alpha value is -0.950. The zero-order valence-corrected chi connectivity index (χ0v) is 9.66. The van der Waals surface area contributed by atoms with Crippen LogP contribution in [0.1, 0.15) is 0 Å². The minimum absolute atomic E-state index is 0.266. The quantitative estimate of drug-likeness (QED) is 0.438. The van der Waals surface area contributed by atoms with Gasteiger partial charge in [0.2, 0.25) is 0 Å². The normalized spacial score (nSPS) is 15.8. The summed E-state index contributed by atoms with van der Waals surface area (Å²) < 4.78 is 10.9. The maximum atomic E-state index is 10.9. The summed E-state index contributed by atoms with van der Waals surface area (Å²) in [6.07, 6.45) is 0. The largest absolute Gasteiger partial charge is 0.481 e. The summed E-state index contributed by atoms with van der Waals surface area (Å²) in [6, 6.07) is 0. The molecule has 0 aliphatic heterocycles. The molecular weight excluding hydrogens is 241 g/mol. The Morgan fingerprint density at radius 1 is 1.19 bits per heavy atom. The third kappa shape index (κ3) is 4.28. The Morgan fingerprint density at radius 3 is 1.81 bits per heavy atom. The zero-order chi connectivity index (χ0) is 13.1. The van der Waals surface area contributed by atoms with Crippen LogP contribution >= 0.6 is 7.60 Å². The predicted octanol–water partition coefficient (Wildman–Crippen LogP) is -1.12. The first-order chi connectivity index (χ1) is 7.07. The topological polar surface area (TPSA) is 135 Å². The van der Waals surface area contributed by atoms with Crippen molar-refractivity contribution >= 4 is 19.5 Å². The summed E-state index contributed by atoms with van der Waals surface area (Å²) >= 11 is 0. The summed E-state index contributed by atoms with van der Waals surface area (Å²) in [5.74, 6) is -5.03. The van der Waals surface area contributed by atoms with Gasteiger partial charge in [0.25, 0.3) is 0 Å². The number of carboxylic acids is 2. The van der Waals surface area contributed by atoms with Gasteiger partial charge in [-0.2, -0.15) is 0 Å². The number of carbonyl (C=O) groups is 2. The van der Waals surface area contributed by atoms with E-state index in [0.29, 0.717) is 0 Å². The van der Waals surface area contributed by atoms with Crippen LogP contribution in [0, 0.1) is 5.92 Å². The van der Waals surface area contributed by atoms with E-state index in [1.807, 2.05) is 0 Å². The number of nitrogens with zero attached hydrogens (tertiary/aromatic N) is 1. The van der Waals surface area contributed by atoms with Crippen LogP contribution in [0.4, 0.5) is 0 Å². The van der Waals surface area contributed by atoms with E-state index < -0.39 is 31.1 Å². The zero-order valence-electron chi connectivity index (χ0n) is 8.77. The van der Waals surface area contributed by atoms with Gasteiger partial charge in [0.15, 0.2) is 5.66 Å². The fourth-order valence-corrected chi connectivity index (χ4v) is 2.24. The van der Waals surface area contributed by atoms with Crippen molar-refractivity contribution in [3.63, 3.8) is 0 Å². The fourth-order valence-electron chi connectivity index (χ4n) is 1.26. The number of carboxylic acid groups (broad SMARTS) is 2. The van der Waals surface area contributed by atoms with Crippen LogP contribution in [-0.2, 0) is 14.2 Å². The van der Waals surface area contributed by atoms with Crippen LogP contribution < -0.4 is 0 Å². The van der Waals surface area contributed by atoms with Gasteiger partial charge in [-0.25, -0.2) is 0 Å². The molecule has 2 unspecified atom stereocenters. The predicted molar refractivity (Wildman–Crippen MR) is 53.1 cm³/mol. The van der Waals surface area contributed by atoms with Gasteiger partial charge in [-0.1, -0.05) is 0 Å². The van der Waals surface area contributed by atoms with E-state index in [0.717, 1.165) is 0 Å². The van der Waals surface area contributed by atoms with Gasteiger partial charge in [-0.3, -0.25) is 14.2 Å². The van der Waals surface area contributed by atoms with Crippen molar-refractivity contribution in [1.82, 2.24) is 4.90 Å². The molecule has 0 radical (unpaired) electrons. The van der Waals surface area contributed by atoms with Gasteiger partial charge in [-0.15, -0.1) is 0 Å². The van der Waals surface area contributed by atoms with Crippen molar-refractivity contribution in [2.45, 2.75) is 5.66 Å². The van der Waals surface area contributed by atoms with Gasteiger partial charge in [0, 0.05) is 6.54 Å². The lowest BCUT2D eigenvalue weighted by molar-refractivity contribution is -0.148. The molecule has 4 N–H and O–H groups in total. The third-order valence-corrected chi connectivity index (χ3v) is 3.18. The van der Waals surface area contributed by atoms with Crippen molar-refractivity contribution in [1.29, 1.82) is 0 Å². The van der Waals surface area contributed by atoms with E-state index in [4.69, 9.17) is 20.0 Å². The molecule has 0 rings (SSSR count). The lowest BCUT2D eigenvalue weighted by Gasteiger charge is -2.23. The molecule has 16 heavy (non-hydrogen) atoms. The van der Waals surface area contributed by atoms with E-state index in [2.05, 4.69) is 0 Å². The second kappa shape index (κ2) is 5.40. The summed E-state index contributed by atoms with van der Waals surface area (Å²) in [6.45, 7) is -0.266. The molecule has 0 bridgehead atoms. The molecule has 9 heteroatoms. The van der Waals surface area contributed by atoms with Crippen LogP contribution in [-0.4, -0.2) is 63.1 Å². The minimum Gasteiger partial charge on any atom is -0.481 e. The van der Waals surface area contributed by atoms with Crippen LogP contribution in [0.15, 0.2) is 0 Å². The summed E-state index contributed by atoms with van der Waals surface area (Å²) in [5, 5.41) is 17.4. The first-order valence-electron chi connectivity index (χ1n) is 4.23. The lowest BCUT2D eigenvalue weighted by Crippen LogP contribution is -2.41.